The van der Waals surface area contributed by atoms with Crippen LogP contribution in [0.1, 0.15) is 71.9 Å². The molecule has 0 bridgehead atoms. The second-order valence-corrected chi connectivity index (χ2v) is 27.0. The number of para-hydroxylation sites is 3. The molecule has 9 rings (SSSR count). The van der Waals surface area contributed by atoms with Gasteiger partial charge in [-0.25, -0.2) is 15.0 Å². The molecule has 2 aliphatic rings. The minimum atomic E-state index is -1.39. The molecule has 0 spiro atoms. The standard InChI is InChI=1S/C76H91N15O16S/c1-77-76(105)87-58(75(103)104)25-26-66(94)89-88-61(39-48-13-3-2-4-14-48)72(100)84-46-68(96)85-60(41-53-44-82-57-21-11-9-19-55(53)57)73(101)86-59(40-52-43-81-56-20-10-8-18-54(52)56)71(99)83-45-67(95)79-31-33-90-70(98)42-63(74(90)102)108-38-29-65(93)80-32-35-107-37-36-106-34-28-64(92)78-30-27-69(97)91-47-51-17-6-5-15-49(51)23-24-50-16-7-12-22-62(50)91/h2-22,43-44,58-61,63,81-82,88H,23-42,45-47H2,1H3,(H,78,92)(H,79,95)(H,80,93)(H,83,99)(H,84,100)(H,85,96)(H,86,101)(H,89,94)(H,103,104)(H2,77,87,105)/t58-,59?,60?,61?,63?/m0/s1. The predicted octanol–water partition coefficient (Wildman–Crippen LogP) is 1.78. The number of H-pyrrole nitrogens is 2. The average Bonchev–Trinajstić information content (AvgIpc) is 1.11. The number of ether oxygens (including phenoxy) is 2. The number of hydrogen-bond donors (Lipinski definition) is 14. The highest BCUT2D eigenvalue weighted by molar-refractivity contribution is 8.00. The van der Waals surface area contributed by atoms with Gasteiger partial charge in [0, 0.05) is 124 Å². The minimum Gasteiger partial charge on any atom is -0.480 e. The Morgan fingerprint density at radius 1 is 0.537 bits per heavy atom. The van der Waals surface area contributed by atoms with Gasteiger partial charge in [-0.2, -0.15) is 0 Å². The van der Waals surface area contributed by atoms with Gasteiger partial charge in [-0.15, -0.1) is 11.8 Å². The van der Waals surface area contributed by atoms with E-state index in [1.807, 2.05) is 66.7 Å². The first-order valence-electron chi connectivity index (χ1n) is 35.7. The number of thioether (sulfide) groups is 1. The van der Waals surface area contributed by atoms with Crippen molar-refractivity contribution in [1.82, 2.24) is 73.6 Å². The van der Waals surface area contributed by atoms with Crippen LogP contribution in [-0.4, -0.2) is 205 Å². The highest BCUT2D eigenvalue weighted by atomic mass is 32.2. The number of aromatic amines is 2. The number of benzene rings is 5. The molecule has 4 unspecified atom stereocenters. The fourth-order valence-electron chi connectivity index (χ4n) is 12.4. The third-order valence-corrected chi connectivity index (χ3v) is 19.3. The van der Waals surface area contributed by atoms with Gasteiger partial charge < -0.3 is 77.3 Å². The number of fused-ring (bicyclic) bond motifs is 4. The Labute approximate surface area is 627 Å². The number of hydrazine groups is 1. The normalized spacial score (nSPS) is 14.3. The monoisotopic (exact) mass is 1500 g/mol. The van der Waals surface area contributed by atoms with Gasteiger partial charge in [0.2, 0.25) is 65.0 Å². The van der Waals surface area contributed by atoms with Gasteiger partial charge in [-0.1, -0.05) is 109 Å². The molecule has 0 saturated carbocycles. The summed E-state index contributed by atoms with van der Waals surface area (Å²) in [6, 6.07) is 33.3. The van der Waals surface area contributed by atoms with Gasteiger partial charge in [-0.3, -0.25) is 63.1 Å². The lowest BCUT2D eigenvalue weighted by atomic mass is 9.95. The largest absolute Gasteiger partial charge is 0.480 e. The second kappa shape index (κ2) is 41.4. The number of carbonyl (C=O) groups is 13. The van der Waals surface area contributed by atoms with Crippen LogP contribution in [0.25, 0.3) is 21.8 Å². The summed E-state index contributed by atoms with van der Waals surface area (Å²) < 4.78 is 11.1. The number of rotatable bonds is 41. The van der Waals surface area contributed by atoms with Gasteiger partial charge in [0.25, 0.3) is 0 Å². The van der Waals surface area contributed by atoms with Gasteiger partial charge >= 0.3 is 12.0 Å². The Balaban J connectivity index is 0.684. The topological polar surface area (TPSA) is 431 Å². The van der Waals surface area contributed by atoms with E-state index in [-0.39, 0.29) is 134 Å². The maximum absolute atomic E-state index is 14.7. The molecule has 5 aromatic carbocycles. The fraction of sp³-hybridized carbons (Fsp3) is 0.382. The van der Waals surface area contributed by atoms with Crippen molar-refractivity contribution in [2.75, 3.05) is 83.4 Å². The number of imide groups is 1. The van der Waals surface area contributed by atoms with Crippen molar-refractivity contribution < 1.29 is 76.9 Å². The van der Waals surface area contributed by atoms with Gasteiger partial charge in [0.05, 0.1) is 51.3 Å². The number of aliphatic carboxylic acids is 1. The first-order valence-corrected chi connectivity index (χ1v) is 36.8. The van der Waals surface area contributed by atoms with Crippen molar-refractivity contribution in [3.8, 4) is 0 Å². The van der Waals surface area contributed by atoms with Crippen LogP contribution in [0.5, 0.6) is 0 Å². The number of nitrogens with one attached hydrogen (secondary N) is 13. The van der Waals surface area contributed by atoms with E-state index in [1.165, 1.54) is 24.4 Å². The lowest BCUT2D eigenvalue weighted by molar-refractivity contribution is -0.140. The Kier molecular flexibility index (Phi) is 30.9. The number of urea groups is 1. The molecule has 7 aromatic rings. The summed E-state index contributed by atoms with van der Waals surface area (Å²) in [5, 5.41) is 33.6. The lowest BCUT2D eigenvalue weighted by Crippen LogP contribution is -2.57. The van der Waals surface area contributed by atoms with Crippen molar-refractivity contribution >= 4 is 116 Å². The molecule has 13 amide bonds. The molecule has 1 saturated heterocycles. The van der Waals surface area contributed by atoms with Gasteiger partial charge in [-0.05, 0) is 77.3 Å². The van der Waals surface area contributed by atoms with Crippen LogP contribution in [0.2, 0.25) is 0 Å². The van der Waals surface area contributed by atoms with Crippen molar-refractivity contribution in [2.24, 2.45) is 0 Å². The van der Waals surface area contributed by atoms with Crippen LogP contribution in [0.3, 0.4) is 0 Å². The first kappa shape index (κ1) is 80.6. The van der Waals surface area contributed by atoms with Crippen molar-refractivity contribution in [3.63, 3.8) is 0 Å². The molecule has 14 N–H and O–H groups in total. The van der Waals surface area contributed by atoms with E-state index in [2.05, 4.69) is 86.9 Å². The maximum Gasteiger partial charge on any atom is 0.326 e. The van der Waals surface area contributed by atoms with Crippen molar-refractivity contribution in [3.05, 3.63) is 173 Å². The van der Waals surface area contributed by atoms with Crippen LogP contribution in [-0.2, 0) is 106 Å². The second-order valence-electron chi connectivity index (χ2n) is 25.7. The third-order valence-electron chi connectivity index (χ3n) is 18.1. The summed E-state index contributed by atoms with van der Waals surface area (Å²) in [6.07, 6.45) is 4.46. The third kappa shape index (κ3) is 24.5. The number of likely N-dealkylation sites (tertiary alicyclic amines) is 1. The number of amides is 13. The number of anilines is 1. The molecule has 108 heavy (non-hydrogen) atoms. The molecule has 2 aliphatic heterocycles. The number of aromatic nitrogens is 2. The number of carbonyl (C=O) groups excluding carboxylic acids is 12. The summed E-state index contributed by atoms with van der Waals surface area (Å²) in [4.78, 5) is 181. The zero-order valence-corrected chi connectivity index (χ0v) is 60.6. The van der Waals surface area contributed by atoms with E-state index in [9.17, 15) is 67.4 Å². The minimum absolute atomic E-state index is 0.0140. The molecule has 1 fully saturated rings. The maximum atomic E-state index is 14.7. The zero-order chi connectivity index (χ0) is 76.7. The molecule has 0 aliphatic carbocycles. The first-order chi connectivity index (χ1) is 52.3. The van der Waals surface area contributed by atoms with Crippen LogP contribution >= 0.6 is 11.8 Å². The van der Waals surface area contributed by atoms with Gasteiger partial charge in [0.1, 0.15) is 24.2 Å². The molecule has 32 heteroatoms. The smallest absolute Gasteiger partial charge is 0.326 e. The van der Waals surface area contributed by atoms with Gasteiger partial charge in [0.15, 0.2) is 0 Å². The highest BCUT2D eigenvalue weighted by Gasteiger charge is 2.39. The van der Waals surface area contributed by atoms with E-state index >= 15 is 0 Å². The molecular formula is C76H91N15O16S. The van der Waals surface area contributed by atoms with Crippen molar-refractivity contribution in [2.45, 2.75) is 107 Å². The number of carboxylic acid groups (broad SMARTS) is 1. The SMILES string of the molecule is CNC(=O)N[C@@H](CCC(=O)NNC(Cc1ccccc1)C(=O)NCC(=O)NC(Cc1c[nH]c2ccccc12)C(=O)NC(Cc1c[nH]c2ccccc12)C(=O)NCC(=O)NCCN1C(=O)CC(SCCC(=O)NCCOCCOCCC(=O)NCCC(=O)N2Cc3ccccc3CCc3ccccc32)C1=O)C(=O)O. The van der Waals surface area contributed by atoms with Crippen LogP contribution in [0.15, 0.2) is 140 Å². The fourth-order valence-corrected chi connectivity index (χ4v) is 13.5. The molecule has 572 valence electrons. The summed E-state index contributed by atoms with van der Waals surface area (Å²) in [7, 11) is 1.30. The van der Waals surface area contributed by atoms with E-state index < -0.39 is 102 Å². The summed E-state index contributed by atoms with van der Waals surface area (Å²) in [6.45, 7) is 0.0917. The van der Waals surface area contributed by atoms with E-state index in [4.69, 9.17) is 9.47 Å². The van der Waals surface area contributed by atoms with Crippen LogP contribution in [0.4, 0.5) is 10.5 Å². The molecule has 0 radical (unpaired) electrons. The van der Waals surface area contributed by atoms with Crippen LogP contribution < -0.4 is 63.6 Å². The molecule has 2 aromatic heterocycles. The van der Waals surface area contributed by atoms with E-state index in [1.54, 1.807) is 59.8 Å². The number of carboxylic acids is 1. The Bertz CT molecular complexity index is 4320. The number of nitrogens with zero attached hydrogens (tertiary/aromatic N) is 2. The van der Waals surface area contributed by atoms with Crippen molar-refractivity contribution in [1.29, 1.82) is 0 Å². The predicted molar refractivity (Wildman–Crippen MR) is 401 cm³/mol. The Morgan fingerprint density at radius 3 is 1.81 bits per heavy atom. The van der Waals surface area contributed by atoms with E-state index in [0.717, 1.165) is 56.4 Å². The Morgan fingerprint density at radius 2 is 1.12 bits per heavy atom. The lowest BCUT2D eigenvalue weighted by Gasteiger charge is -2.29. The molecule has 31 nitrogen and oxygen atoms in total. The quantitative estimate of drug-likeness (QED) is 0.0147. The van der Waals surface area contributed by atoms with E-state index in [0.29, 0.717) is 23.2 Å². The number of aryl methyl sites for hydroxylation is 2. The number of hydrogen-bond acceptors (Lipinski definition) is 17. The highest BCUT2D eigenvalue weighted by Crippen LogP contribution is 2.30. The summed E-state index contributed by atoms with van der Waals surface area (Å²) >= 11 is 1.17. The van der Waals surface area contributed by atoms with Crippen LogP contribution in [0, 0.1) is 0 Å². The summed E-state index contributed by atoms with van der Waals surface area (Å²) in [5.74, 6) is -7.16. The molecule has 4 heterocycles. The zero-order valence-electron chi connectivity index (χ0n) is 59.8. The molecule has 5 atom stereocenters. The Hall–Kier alpha value is -11.5. The summed E-state index contributed by atoms with van der Waals surface area (Å²) in [5.41, 5.74) is 12.8. The average molecular weight is 1500 g/mol. The molecular weight excluding hydrogens is 1410 g/mol.